The van der Waals surface area contributed by atoms with E-state index in [-0.39, 0.29) is 5.91 Å². The predicted octanol–water partition coefficient (Wildman–Crippen LogP) is 3.47. The average Bonchev–Trinajstić information content (AvgIpc) is 2.68. The summed E-state index contributed by atoms with van der Waals surface area (Å²) in [5.74, 6) is 0.427. The van der Waals surface area contributed by atoms with Gasteiger partial charge < -0.3 is 5.32 Å². The summed E-state index contributed by atoms with van der Waals surface area (Å²) >= 11 is 4.80. The van der Waals surface area contributed by atoms with E-state index in [0.717, 1.165) is 9.35 Å². The number of anilines is 1. The number of halogens is 1. The lowest BCUT2D eigenvalue weighted by Crippen LogP contribution is -2.11. The molecule has 0 atom stereocenters. The first-order valence-corrected chi connectivity index (χ1v) is 6.30. The highest BCUT2D eigenvalue weighted by Crippen LogP contribution is 2.21. The molecule has 0 aliphatic rings. The monoisotopic (exact) mass is 296 g/mol. The highest BCUT2D eigenvalue weighted by Gasteiger charge is 2.08. The number of hydrogen-bond acceptors (Lipinski definition) is 3. The summed E-state index contributed by atoms with van der Waals surface area (Å²) in [4.78, 5) is 15.9. The van der Waals surface area contributed by atoms with Crippen LogP contribution in [0.25, 0.3) is 0 Å². The summed E-state index contributed by atoms with van der Waals surface area (Å²) in [7, 11) is 0. The Morgan fingerprint density at radius 2 is 2.31 bits per heavy atom. The Bertz CT molecular complexity index is 507. The van der Waals surface area contributed by atoms with E-state index in [1.54, 1.807) is 23.7 Å². The molecule has 1 amide bonds. The molecule has 2 aromatic rings. The number of nitrogens with one attached hydrogen (secondary N) is 1. The fourth-order valence-corrected chi connectivity index (χ4v) is 2.30. The fourth-order valence-electron chi connectivity index (χ4n) is 1.16. The summed E-state index contributed by atoms with van der Waals surface area (Å²) < 4.78 is 0.939. The number of rotatable bonds is 2. The summed E-state index contributed by atoms with van der Waals surface area (Å²) in [5.41, 5.74) is 1.70. The van der Waals surface area contributed by atoms with E-state index in [4.69, 9.17) is 0 Å². The van der Waals surface area contributed by atoms with E-state index in [1.807, 2.05) is 13.0 Å². The van der Waals surface area contributed by atoms with Crippen molar-refractivity contribution < 1.29 is 4.79 Å². The maximum Gasteiger partial charge on any atom is 0.257 e. The second kappa shape index (κ2) is 4.76. The van der Waals surface area contributed by atoms with Crippen molar-refractivity contribution in [2.24, 2.45) is 0 Å². The minimum Gasteiger partial charge on any atom is -0.307 e. The van der Waals surface area contributed by atoms with Crippen LogP contribution in [0.5, 0.6) is 0 Å². The Balaban J connectivity index is 2.10. The Morgan fingerprint density at radius 3 is 2.88 bits per heavy atom. The third-order valence-corrected chi connectivity index (χ3v) is 3.49. The Hall–Kier alpha value is -1.20. The molecule has 82 valence electrons. The Morgan fingerprint density at radius 1 is 1.50 bits per heavy atom. The topological polar surface area (TPSA) is 42.0 Å². The van der Waals surface area contributed by atoms with Gasteiger partial charge in [-0.25, -0.2) is 4.98 Å². The second-order valence-corrected chi connectivity index (χ2v) is 5.60. The van der Waals surface area contributed by atoms with Gasteiger partial charge in [-0.2, -0.15) is 0 Å². The van der Waals surface area contributed by atoms with Gasteiger partial charge in [0.2, 0.25) is 0 Å². The van der Waals surface area contributed by atoms with Gasteiger partial charge in [0.05, 0.1) is 9.35 Å². The zero-order chi connectivity index (χ0) is 11.5. The largest absolute Gasteiger partial charge is 0.307 e. The molecule has 0 spiro atoms. The molecule has 0 fully saturated rings. The maximum atomic E-state index is 11.7. The zero-order valence-corrected chi connectivity index (χ0v) is 10.9. The number of carbonyl (C=O) groups excluding carboxylic acids is 1. The summed E-state index contributed by atoms with van der Waals surface area (Å²) in [6, 6.07) is 5.48. The van der Waals surface area contributed by atoms with Crippen molar-refractivity contribution in [1.82, 2.24) is 4.98 Å². The van der Waals surface area contributed by atoms with Gasteiger partial charge >= 0.3 is 0 Å². The minimum absolute atomic E-state index is 0.140. The highest BCUT2D eigenvalue weighted by molar-refractivity contribution is 9.11. The van der Waals surface area contributed by atoms with Crippen LogP contribution in [0.15, 0.2) is 33.6 Å². The number of hydrogen-bond donors (Lipinski definition) is 1. The quantitative estimate of drug-likeness (QED) is 0.922. The predicted molar refractivity (Wildman–Crippen MR) is 68.9 cm³/mol. The van der Waals surface area contributed by atoms with Crippen LogP contribution in [0.2, 0.25) is 0 Å². The van der Waals surface area contributed by atoms with Crippen molar-refractivity contribution in [3.8, 4) is 0 Å². The first-order chi connectivity index (χ1) is 7.65. The van der Waals surface area contributed by atoms with E-state index in [1.165, 1.54) is 11.3 Å². The first kappa shape index (κ1) is 11.3. The van der Waals surface area contributed by atoms with Gasteiger partial charge in [0.25, 0.3) is 5.91 Å². The molecule has 0 bridgehead atoms. The number of aryl methyl sites for hydroxylation is 1. The summed E-state index contributed by atoms with van der Waals surface area (Å²) in [6.45, 7) is 1.95. The van der Waals surface area contributed by atoms with Crippen molar-refractivity contribution in [2.75, 3.05) is 5.32 Å². The molecule has 16 heavy (non-hydrogen) atoms. The maximum absolute atomic E-state index is 11.7. The van der Waals surface area contributed by atoms with Crippen molar-refractivity contribution >= 4 is 39.0 Å². The van der Waals surface area contributed by atoms with Gasteiger partial charge in [0.1, 0.15) is 5.82 Å². The first-order valence-electron chi connectivity index (χ1n) is 4.63. The van der Waals surface area contributed by atoms with Crippen LogP contribution in [0.1, 0.15) is 15.9 Å². The molecule has 0 unspecified atom stereocenters. The lowest BCUT2D eigenvalue weighted by molar-refractivity contribution is 0.102. The summed E-state index contributed by atoms with van der Waals surface area (Å²) in [6.07, 6.45) is 1.72. The zero-order valence-electron chi connectivity index (χ0n) is 8.53. The fraction of sp³-hybridized carbons (Fsp3) is 0.0909. The molecular weight excluding hydrogens is 288 g/mol. The number of aromatic nitrogens is 1. The van der Waals surface area contributed by atoms with E-state index < -0.39 is 0 Å². The molecule has 0 aliphatic heterocycles. The van der Waals surface area contributed by atoms with Crippen LogP contribution in [0.4, 0.5) is 5.82 Å². The van der Waals surface area contributed by atoms with Crippen molar-refractivity contribution in [3.05, 3.63) is 44.7 Å². The average molecular weight is 297 g/mol. The molecule has 0 radical (unpaired) electrons. The van der Waals surface area contributed by atoms with Gasteiger partial charge in [-0.3, -0.25) is 4.79 Å². The number of pyridine rings is 1. The van der Waals surface area contributed by atoms with Crippen LogP contribution in [0, 0.1) is 6.92 Å². The molecule has 2 rings (SSSR count). The molecule has 0 saturated heterocycles. The molecule has 2 heterocycles. The standard InChI is InChI=1S/C11H9BrN2OS/c1-7-2-3-10(13-5-7)14-11(15)8-4-9(12)16-6-8/h2-6H,1H3,(H,13,14,15). The van der Waals surface area contributed by atoms with Crippen molar-refractivity contribution in [3.63, 3.8) is 0 Å². The minimum atomic E-state index is -0.140. The Labute approximate surface area is 106 Å². The molecule has 5 heteroatoms. The van der Waals surface area contributed by atoms with Gasteiger partial charge in [0.15, 0.2) is 0 Å². The van der Waals surface area contributed by atoms with Crippen LogP contribution >= 0.6 is 27.3 Å². The molecule has 0 aromatic carbocycles. The van der Waals surface area contributed by atoms with E-state index in [2.05, 4.69) is 26.2 Å². The molecule has 0 aliphatic carbocycles. The van der Waals surface area contributed by atoms with Crippen molar-refractivity contribution in [1.29, 1.82) is 0 Å². The summed E-state index contributed by atoms with van der Waals surface area (Å²) in [5, 5.41) is 4.53. The molecule has 2 aromatic heterocycles. The highest BCUT2D eigenvalue weighted by atomic mass is 79.9. The Kier molecular flexibility index (Phi) is 3.36. The number of amides is 1. The van der Waals surface area contributed by atoms with Crippen molar-refractivity contribution in [2.45, 2.75) is 6.92 Å². The third kappa shape index (κ3) is 2.68. The van der Waals surface area contributed by atoms with Crippen LogP contribution in [-0.2, 0) is 0 Å². The normalized spacial score (nSPS) is 10.1. The SMILES string of the molecule is Cc1ccc(NC(=O)c2csc(Br)c2)nc1. The molecule has 3 nitrogen and oxygen atoms in total. The molecule has 0 saturated carbocycles. The van der Waals surface area contributed by atoms with Gasteiger partial charge in [-0.1, -0.05) is 6.07 Å². The van der Waals surface area contributed by atoms with Gasteiger partial charge in [0, 0.05) is 11.6 Å². The van der Waals surface area contributed by atoms with Crippen LogP contribution in [-0.4, -0.2) is 10.9 Å². The smallest absolute Gasteiger partial charge is 0.257 e. The third-order valence-electron chi connectivity index (χ3n) is 1.98. The lowest BCUT2D eigenvalue weighted by Gasteiger charge is -2.02. The van der Waals surface area contributed by atoms with E-state index in [9.17, 15) is 4.79 Å². The van der Waals surface area contributed by atoms with Crippen LogP contribution < -0.4 is 5.32 Å². The second-order valence-electron chi connectivity index (χ2n) is 3.31. The van der Waals surface area contributed by atoms with E-state index in [0.29, 0.717) is 11.4 Å². The van der Waals surface area contributed by atoms with Gasteiger partial charge in [-0.05, 0) is 40.5 Å². The van der Waals surface area contributed by atoms with Gasteiger partial charge in [-0.15, -0.1) is 11.3 Å². The number of thiophene rings is 1. The molecule has 1 N–H and O–H groups in total. The number of nitrogens with zero attached hydrogens (tertiary/aromatic N) is 1. The number of carbonyl (C=O) groups is 1. The molecular formula is C11H9BrN2OS. The van der Waals surface area contributed by atoms with E-state index >= 15 is 0 Å². The lowest BCUT2D eigenvalue weighted by atomic mass is 10.3. The van der Waals surface area contributed by atoms with Crippen LogP contribution in [0.3, 0.4) is 0 Å².